The maximum Gasteiger partial charge on any atom is 0.472 e. The van der Waals surface area contributed by atoms with Crippen molar-refractivity contribution < 1.29 is 47.5 Å². The molecule has 292 valence electrons. The molecule has 4 N–H and O–H groups in total. The van der Waals surface area contributed by atoms with Crippen LogP contribution in [0.25, 0.3) is 0 Å². The normalized spacial score (nSPS) is 14.6. The Morgan fingerprint density at radius 2 is 1.12 bits per heavy atom. The van der Waals surface area contributed by atoms with Gasteiger partial charge >= 0.3 is 25.7 Å². The monoisotopic (exact) mass is 739 g/mol. The summed E-state index contributed by atoms with van der Waals surface area (Å²) in [4.78, 5) is 45.7. The van der Waals surface area contributed by atoms with Gasteiger partial charge < -0.3 is 25.2 Å². The summed E-state index contributed by atoms with van der Waals surface area (Å²) in [6.45, 7) is 2.56. The van der Waals surface area contributed by atoms with Gasteiger partial charge in [-0.2, -0.15) is 0 Å². The van der Waals surface area contributed by atoms with Gasteiger partial charge in [-0.15, -0.1) is 0 Å². The molecule has 0 bridgehead atoms. The Morgan fingerprint density at radius 1 is 0.627 bits per heavy atom. The van der Waals surface area contributed by atoms with Crippen LogP contribution in [0.4, 0.5) is 0 Å². The molecule has 0 fully saturated rings. The first-order valence-electron chi connectivity index (χ1n) is 18.9. The van der Waals surface area contributed by atoms with Crippen LogP contribution < -0.4 is 5.73 Å². The number of aliphatic carboxylic acids is 1. The van der Waals surface area contributed by atoms with Crippen LogP contribution >= 0.6 is 7.82 Å². The molecule has 11 nitrogen and oxygen atoms in total. The number of carbonyl (C=O) groups is 3. The highest BCUT2D eigenvalue weighted by Gasteiger charge is 2.28. The van der Waals surface area contributed by atoms with Crippen molar-refractivity contribution in [2.45, 2.75) is 148 Å². The van der Waals surface area contributed by atoms with Gasteiger partial charge in [0, 0.05) is 12.8 Å². The van der Waals surface area contributed by atoms with Crippen LogP contribution in [0.15, 0.2) is 60.8 Å². The van der Waals surface area contributed by atoms with Gasteiger partial charge in [0.1, 0.15) is 12.6 Å². The highest BCUT2D eigenvalue weighted by Crippen LogP contribution is 2.43. The van der Waals surface area contributed by atoms with Crippen molar-refractivity contribution in [3.8, 4) is 0 Å². The van der Waals surface area contributed by atoms with E-state index >= 15 is 0 Å². The molecule has 2 unspecified atom stereocenters. The number of phosphoric ester groups is 1. The van der Waals surface area contributed by atoms with Gasteiger partial charge in [0.2, 0.25) is 0 Å². The Hall–Kier alpha value is -2.82. The Bertz CT molecular complexity index is 1100. The summed E-state index contributed by atoms with van der Waals surface area (Å²) >= 11 is 0. The van der Waals surface area contributed by atoms with Gasteiger partial charge in [0.05, 0.1) is 13.2 Å². The standard InChI is InChI=1S/C39H66NO10P/c1-3-5-7-9-11-13-15-17-19-20-22-24-26-28-30-37(41)47-32-35(33-48-51(45,46)49-34-36(40)39(43)44)50-38(42)31-29-27-25-23-21-18-16-14-12-10-8-6-4-2/h6,8,10,12,14,16,18-21,35-36H,3-5,7,9,11,13,15,17,22-34,40H2,1-2H3,(H,43,44)(H,45,46)/b8-6+,12-10+,16-14+,20-19+,21-18+/t35?,36-/m0/s1. The summed E-state index contributed by atoms with van der Waals surface area (Å²) in [5.74, 6) is -2.46. The topological polar surface area (TPSA) is 172 Å². The number of ether oxygens (including phenoxy) is 2. The Labute approximate surface area is 307 Å². The summed E-state index contributed by atoms with van der Waals surface area (Å²) in [7, 11) is -4.73. The second kappa shape index (κ2) is 34.3. The number of nitrogens with two attached hydrogens (primary N) is 1. The minimum atomic E-state index is -4.73. The lowest BCUT2D eigenvalue weighted by Gasteiger charge is -2.20. The number of phosphoric acid groups is 1. The van der Waals surface area contributed by atoms with Gasteiger partial charge in [0.25, 0.3) is 0 Å². The molecule has 0 heterocycles. The van der Waals surface area contributed by atoms with E-state index in [9.17, 15) is 23.8 Å². The number of esters is 2. The Kier molecular flexibility index (Phi) is 32.4. The van der Waals surface area contributed by atoms with Crippen LogP contribution in [0.3, 0.4) is 0 Å². The molecule has 0 radical (unpaired) electrons. The first-order chi connectivity index (χ1) is 24.6. The zero-order chi connectivity index (χ0) is 37.8. The molecular formula is C39H66NO10P. The molecule has 12 heteroatoms. The van der Waals surface area contributed by atoms with Crippen LogP contribution in [-0.2, 0) is 37.5 Å². The second-order valence-corrected chi connectivity index (χ2v) is 13.9. The highest BCUT2D eigenvalue weighted by molar-refractivity contribution is 7.47. The fourth-order valence-electron chi connectivity index (χ4n) is 4.60. The number of hydrogen-bond donors (Lipinski definition) is 3. The fourth-order valence-corrected chi connectivity index (χ4v) is 5.38. The summed E-state index contributed by atoms with van der Waals surface area (Å²) in [5.41, 5.74) is 5.31. The highest BCUT2D eigenvalue weighted by atomic mass is 31.2. The molecule has 0 aliphatic carbocycles. The van der Waals surface area contributed by atoms with Crippen LogP contribution in [-0.4, -0.2) is 59.9 Å². The van der Waals surface area contributed by atoms with Crippen molar-refractivity contribution >= 4 is 25.7 Å². The Balaban J connectivity index is 4.55. The summed E-state index contributed by atoms with van der Waals surface area (Å²) in [5, 5.41) is 8.85. The van der Waals surface area contributed by atoms with Crippen molar-refractivity contribution in [3.63, 3.8) is 0 Å². The summed E-state index contributed by atoms with van der Waals surface area (Å²) < 4.78 is 32.5. The molecule has 0 saturated heterocycles. The number of hydrogen-bond acceptors (Lipinski definition) is 9. The van der Waals surface area contributed by atoms with Gasteiger partial charge in [-0.05, 0) is 57.8 Å². The molecule has 0 aliphatic heterocycles. The predicted octanol–water partition coefficient (Wildman–Crippen LogP) is 9.22. The van der Waals surface area contributed by atoms with Gasteiger partial charge in [0.15, 0.2) is 6.10 Å². The molecule has 0 aliphatic rings. The summed E-state index contributed by atoms with van der Waals surface area (Å²) in [6, 6.07) is -1.53. The number of carboxylic acids is 1. The van der Waals surface area contributed by atoms with E-state index in [2.05, 4.69) is 42.7 Å². The van der Waals surface area contributed by atoms with Crippen LogP contribution in [0, 0.1) is 0 Å². The average molecular weight is 740 g/mol. The zero-order valence-electron chi connectivity index (χ0n) is 31.2. The second-order valence-electron chi connectivity index (χ2n) is 12.4. The molecule has 0 amide bonds. The molecule has 0 saturated carbocycles. The maximum atomic E-state index is 12.5. The maximum absolute atomic E-state index is 12.5. The minimum Gasteiger partial charge on any atom is -0.480 e. The van der Waals surface area contributed by atoms with Gasteiger partial charge in [-0.25, -0.2) is 4.57 Å². The molecule has 0 aromatic heterocycles. The van der Waals surface area contributed by atoms with Gasteiger partial charge in [-0.3, -0.25) is 23.4 Å². The zero-order valence-corrected chi connectivity index (χ0v) is 32.1. The molecule has 51 heavy (non-hydrogen) atoms. The van der Waals surface area contributed by atoms with Crippen LogP contribution in [0.5, 0.6) is 0 Å². The van der Waals surface area contributed by atoms with E-state index in [0.29, 0.717) is 12.8 Å². The van der Waals surface area contributed by atoms with Crippen molar-refractivity contribution in [1.82, 2.24) is 0 Å². The lowest BCUT2D eigenvalue weighted by atomic mass is 10.1. The minimum absolute atomic E-state index is 0.110. The third-order valence-electron chi connectivity index (χ3n) is 7.59. The smallest absolute Gasteiger partial charge is 0.472 e. The van der Waals surface area contributed by atoms with Crippen molar-refractivity contribution in [1.29, 1.82) is 0 Å². The summed E-state index contributed by atoms with van der Waals surface area (Å²) in [6.07, 6.45) is 37.3. The third kappa shape index (κ3) is 34.1. The fraction of sp³-hybridized carbons (Fsp3) is 0.667. The molecule has 3 atom stereocenters. The number of carbonyl (C=O) groups excluding carboxylic acids is 2. The first-order valence-corrected chi connectivity index (χ1v) is 20.4. The van der Waals surface area contributed by atoms with E-state index in [1.54, 1.807) is 0 Å². The predicted molar refractivity (Wildman–Crippen MR) is 203 cm³/mol. The number of rotatable bonds is 34. The lowest BCUT2D eigenvalue weighted by molar-refractivity contribution is -0.161. The largest absolute Gasteiger partial charge is 0.480 e. The van der Waals surface area contributed by atoms with E-state index < -0.39 is 51.1 Å². The van der Waals surface area contributed by atoms with E-state index in [4.69, 9.17) is 24.8 Å². The molecular weight excluding hydrogens is 673 g/mol. The third-order valence-corrected chi connectivity index (χ3v) is 8.54. The van der Waals surface area contributed by atoms with Crippen molar-refractivity contribution in [2.75, 3.05) is 19.8 Å². The van der Waals surface area contributed by atoms with E-state index in [1.165, 1.54) is 44.9 Å². The van der Waals surface area contributed by atoms with E-state index in [0.717, 1.165) is 51.4 Å². The number of carboxylic acid groups (broad SMARTS) is 1. The quantitative estimate of drug-likeness (QED) is 0.0189. The van der Waals surface area contributed by atoms with E-state index in [1.807, 2.05) is 36.5 Å². The lowest BCUT2D eigenvalue weighted by Crippen LogP contribution is -2.34. The molecule has 0 spiro atoms. The molecule has 0 aromatic carbocycles. The molecule has 0 aromatic rings. The van der Waals surface area contributed by atoms with Gasteiger partial charge in [-0.1, -0.05) is 126 Å². The average Bonchev–Trinajstić information content (AvgIpc) is 3.10. The van der Waals surface area contributed by atoms with Crippen LogP contribution in [0.1, 0.15) is 136 Å². The van der Waals surface area contributed by atoms with E-state index in [-0.39, 0.29) is 19.4 Å². The first kappa shape index (κ1) is 48.2. The SMILES string of the molecule is CC/C=C/C=C/C=C/C=C/CCCCCC(=O)OC(COC(=O)CCCCC/C=C/CCCCCCCCC)COP(=O)(O)OC[C@H](N)C(=O)O. The Morgan fingerprint density at radius 3 is 1.71 bits per heavy atom. The van der Waals surface area contributed by atoms with Crippen molar-refractivity contribution in [3.05, 3.63) is 60.8 Å². The van der Waals surface area contributed by atoms with Crippen molar-refractivity contribution in [2.24, 2.45) is 5.73 Å². The van der Waals surface area contributed by atoms with Crippen LogP contribution in [0.2, 0.25) is 0 Å². The molecule has 0 rings (SSSR count). The number of unbranched alkanes of at least 4 members (excludes halogenated alkanes) is 13. The number of allylic oxidation sites excluding steroid dienone is 10.